The molecule has 0 bridgehead atoms. The van der Waals surface area contributed by atoms with Crippen LogP contribution in [0.4, 0.5) is 10.5 Å². The Morgan fingerprint density at radius 2 is 2.00 bits per heavy atom. The molecule has 1 aromatic carbocycles. The fourth-order valence-corrected chi connectivity index (χ4v) is 2.68. The fourth-order valence-electron chi connectivity index (χ4n) is 2.51. The Morgan fingerprint density at radius 3 is 2.76 bits per heavy atom. The third-order valence-electron chi connectivity index (χ3n) is 4.02. The molecule has 7 heteroatoms. The van der Waals surface area contributed by atoms with Gasteiger partial charge in [0.15, 0.2) is 16.7 Å². The van der Waals surface area contributed by atoms with Crippen LogP contribution in [-0.2, 0) is 5.41 Å². The number of nitrogens with zero attached hydrogens (tertiary/aromatic N) is 1. The fraction of sp³-hybridized carbons (Fsp3) is 0.333. The van der Waals surface area contributed by atoms with E-state index in [0.29, 0.717) is 25.4 Å². The number of aromatic nitrogens is 1. The lowest BCUT2D eigenvalue weighted by Crippen LogP contribution is -2.39. The predicted octanol–water partition coefficient (Wildman–Crippen LogP) is 3.61. The van der Waals surface area contributed by atoms with E-state index >= 15 is 0 Å². The van der Waals surface area contributed by atoms with Gasteiger partial charge in [-0.15, -0.1) is 0 Å². The van der Waals surface area contributed by atoms with Crippen molar-refractivity contribution in [2.45, 2.75) is 19.3 Å². The SMILES string of the molecule is CC(C)(CNC(=O)Nc1cccnc1Cl)c1ccc2c(c1)OCCO2. The number of hydrogen-bond acceptors (Lipinski definition) is 4. The summed E-state index contributed by atoms with van der Waals surface area (Å²) in [7, 11) is 0. The first-order chi connectivity index (χ1) is 12.0. The summed E-state index contributed by atoms with van der Waals surface area (Å²) in [6.07, 6.45) is 1.57. The molecule has 0 fully saturated rings. The van der Waals surface area contributed by atoms with Crippen molar-refractivity contribution in [3.63, 3.8) is 0 Å². The lowest BCUT2D eigenvalue weighted by molar-refractivity contribution is 0.171. The summed E-state index contributed by atoms with van der Waals surface area (Å²) in [4.78, 5) is 16.0. The molecule has 0 unspecified atom stereocenters. The number of nitrogens with one attached hydrogen (secondary N) is 2. The van der Waals surface area contributed by atoms with Gasteiger partial charge in [0, 0.05) is 18.2 Å². The van der Waals surface area contributed by atoms with Gasteiger partial charge in [-0.1, -0.05) is 31.5 Å². The topological polar surface area (TPSA) is 72.5 Å². The summed E-state index contributed by atoms with van der Waals surface area (Å²) in [5, 5.41) is 5.82. The molecule has 1 aliphatic heterocycles. The highest BCUT2D eigenvalue weighted by Crippen LogP contribution is 2.34. The molecule has 25 heavy (non-hydrogen) atoms. The van der Waals surface area contributed by atoms with Gasteiger partial charge in [0.25, 0.3) is 0 Å². The quantitative estimate of drug-likeness (QED) is 0.816. The van der Waals surface area contributed by atoms with E-state index in [2.05, 4.69) is 29.5 Å². The van der Waals surface area contributed by atoms with Gasteiger partial charge in [0.2, 0.25) is 0 Å². The highest BCUT2D eigenvalue weighted by atomic mass is 35.5. The van der Waals surface area contributed by atoms with Gasteiger partial charge in [-0.05, 0) is 29.8 Å². The maximum atomic E-state index is 12.1. The highest BCUT2D eigenvalue weighted by molar-refractivity contribution is 6.32. The van der Waals surface area contributed by atoms with Crippen LogP contribution >= 0.6 is 11.6 Å². The van der Waals surface area contributed by atoms with Crippen LogP contribution in [0.15, 0.2) is 36.5 Å². The van der Waals surface area contributed by atoms with E-state index in [0.717, 1.165) is 17.1 Å². The minimum atomic E-state index is -0.333. The number of fused-ring (bicyclic) bond motifs is 1. The monoisotopic (exact) mass is 361 g/mol. The first-order valence-corrected chi connectivity index (χ1v) is 8.39. The number of ether oxygens (including phenoxy) is 2. The second-order valence-electron chi connectivity index (χ2n) is 6.39. The molecule has 2 N–H and O–H groups in total. The molecular formula is C18H20ClN3O3. The molecule has 132 valence electrons. The van der Waals surface area contributed by atoms with Crippen LogP contribution in [0.5, 0.6) is 11.5 Å². The third-order valence-corrected chi connectivity index (χ3v) is 4.32. The normalized spacial score (nSPS) is 13.2. The number of urea groups is 1. The molecule has 0 saturated carbocycles. The smallest absolute Gasteiger partial charge is 0.319 e. The maximum Gasteiger partial charge on any atom is 0.319 e. The first kappa shape index (κ1) is 17.4. The van der Waals surface area contributed by atoms with Crippen LogP contribution in [0.3, 0.4) is 0 Å². The third kappa shape index (κ3) is 4.14. The molecule has 0 spiro atoms. The van der Waals surface area contributed by atoms with Crippen molar-refractivity contribution in [1.82, 2.24) is 10.3 Å². The average molecular weight is 362 g/mol. The van der Waals surface area contributed by atoms with Gasteiger partial charge in [-0.3, -0.25) is 0 Å². The lowest BCUT2D eigenvalue weighted by Gasteiger charge is -2.28. The largest absolute Gasteiger partial charge is 0.486 e. The van der Waals surface area contributed by atoms with Crippen molar-refractivity contribution in [3.8, 4) is 11.5 Å². The second kappa shape index (κ2) is 7.19. The molecule has 2 heterocycles. The second-order valence-corrected chi connectivity index (χ2v) is 6.75. The summed E-state index contributed by atoms with van der Waals surface area (Å²) in [5.41, 5.74) is 1.24. The highest BCUT2D eigenvalue weighted by Gasteiger charge is 2.24. The van der Waals surface area contributed by atoms with Crippen LogP contribution in [0, 0.1) is 0 Å². The zero-order valence-electron chi connectivity index (χ0n) is 14.1. The summed E-state index contributed by atoms with van der Waals surface area (Å²) >= 11 is 5.94. The number of anilines is 1. The van der Waals surface area contributed by atoms with Crippen LogP contribution in [-0.4, -0.2) is 30.8 Å². The number of carbonyl (C=O) groups is 1. The van der Waals surface area contributed by atoms with Gasteiger partial charge in [-0.25, -0.2) is 9.78 Å². The van der Waals surface area contributed by atoms with E-state index in [1.54, 1.807) is 18.3 Å². The van der Waals surface area contributed by atoms with Crippen molar-refractivity contribution >= 4 is 23.3 Å². The van der Waals surface area contributed by atoms with Crippen molar-refractivity contribution < 1.29 is 14.3 Å². The predicted molar refractivity (Wildman–Crippen MR) is 96.7 cm³/mol. The Morgan fingerprint density at radius 1 is 1.24 bits per heavy atom. The van der Waals surface area contributed by atoms with Crippen LogP contribution in [0.1, 0.15) is 19.4 Å². The molecule has 0 aliphatic carbocycles. The summed E-state index contributed by atoms with van der Waals surface area (Å²) in [6, 6.07) is 8.93. The summed E-state index contributed by atoms with van der Waals surface area (Å²) < 4.78 is 11.2. The van der Waals surface area contributed by atoms with E-state index in [9.17, 15) is 4.79 Å². The van der Waals surface area contributed by atoms with Gasteiger partial charge >= 0.3 is 6.03 Å². The minimum absolute atomic E-state index is 0.253. The Balaban J connectivity index is 1.63. The van der Waals surface area contributed by atoms with Gasteiger partial charge in [0.05, 0.1) is 5.69 Å². The lowest BCUT2D eigenvalue weighted by atomic mass is 9.84. The number of pyridine rings is 1. The van der Waals surface area contributed by atoms with Gasteiger partial charge in [-0.2, -0.15) is 0 Å². The van der Waals surface area contributed by atoms with E-state index < -0.39 is 0 Å². The molecule has 0 radical (unpaired) electrons. The average Bonchev–Trinajstić information content (AvgIpc) is 2.62. The molecule has 1 aromatic heterocycles. The van der Waals surface area contributed by atoms with Gasteiger partial charge < -0.3 is 20.1 Å². The van der Waals surface area contributed by atoms with E-state index in [-0.39, 0.29) is 16.6 Å². The Labute approximate surface area is 151 Å². The number of hydrogen-bond donors (Lipinski definition) is 2. The molecule has 0 atom stereocenters. The van der Waals surface area contributed by atoms with Crippen LogP contribution in [0.25, 0.3) is 0 Å². The zero-order chi connectivity index (χ0) is 17.9. The summed E-state index contributed by atoms with van der Waals surface area (Å²) in [6.45, 7) is 5.65. The molecule has 2 amide bonds. The Bertz CT molecular complexity index is 780. The van der Waals surface area contributed by atoms with Crippen molar-refractivity contribution in [2.24, 2.45) is 0 Å². The van der Waals surface area contributed by atoms with Crippen LogP contribution in [0.2, 0.25) is 5.15 Å². The molecule has 2 aromatic rings. The van der Waals surface area contributed by atoms with E-state index in [1.165, 1.54) is 0 Å². The number of amides is 2. The van der Waals surface area contributed by atoms with Crippen molar-refractivity contribution in [1.29, 1.82) is 0 Å². The van der Waals surface area contributed by atoms with E-state index in [1.807, 2.05) is 18.2 Å². The molecule has 1 aliphatic rings. The number of carbonyl (C=O) groups excluding carboxylic acids is 1. The van der Waals surface area contributed by atoms with Crippen molar-refractivity contribution in [2.75, 3.05) is 25.1 Å². The first-order valence-electron chi connectivity index (χ1n) is 8.01. The minimum Gasteiger partial charge on any atom is -0.486 e. The Hall–Kier alpha value is -2.47. The molecular weight excluding hydrogens is 342 g/mol. The van der Waals surface area contributed by atoms with Gasteiger partial charge in [0.1, 0.15) is 13.2 Å². The standard InChI is InChI=1S/C18H20ClN3O3/c1-18(2,12-5-6-14-15(10-12)25-9-8-24-14)11-21-17(23)22-13-4-3-7-20-16(13)19/h3-7,10H,8-9,11H2,1-2H3,(H2,21,22,23). The molecule has 3 rings (SSSR count). The number of rotatable bonds is 4. The van der Waals surface area contributed by atoms with E-state index in [4.69, 9.17) is 21.1 Å². The number of halogens is 1. The molecule has 6 nitrogen and oxygen atoms in total. The molecule has 0 saturated heterocycles. The zero-order valence-corrected chi connectivity index (χ0v) is 14.9. The number of benzene rings is 1. The summed E-state index contributed by atoms with van der Waals surface area (Å²) in [5.74, 6) is 1.49. The Kier molecular flexibility index (Phi) is 4.99. The maximum absolute atomic E-state index is 12.1. The van der Waals surface area contributed by atoms with Crippen molar-refractivity contribution in [3.05, 3.63) is 47.2 Å². The van der Waals surface area contributed by atoms with Crippen LogP contribution < -0.4 is 20.1 Å².